The van der Waals surface area contributed by atoms with Crippen LogP contribution in [0.15, 0.2) is 24.5 Å². The Balaban J connectivity index is 1.39. The van der Waals surface area contributed by atoms with Gasteiger partial charge in [0.2, 0.25) is 0 Å². The maximum absolute atomic E-state index is 12.0. The summed E-state index contributed by atoms with van der Waals surface area (Å²) in [5, 5.41) is 20.9. The van der Waals surface area contributed by atoms with E-state index in [9.17, 15) is 15.0 Å². The van der Waals surface area contributed by atoms with Crippen LogP contribution in [-0.4, -0.2) is 45.7 Å². The highest BCUT2D eigenvalue weighted by Gasteiger charge is 2.70. The molecule has 0 unspecified atom stereocenters. The number of fused-ring (bicyclic) bond motifs is 7. The van der Waals surface area contributed by atoms with Crippen LogP contribution >= 0.6 is 0 Å². The van der Waals surface area contributed by atoms with Crippen LogP contribution in [0.25, 0.3) is 0 Å². The van der Waals surface area contributed by atoms with Gasteiger partial charge in [-0.2, -0.15) is 0 Å². The second-order valence-electron chi connectivity index (χ2n) is 16.3. The molecule has 0 spiro atoms. The molecule has 5 saturated carbocycles. The Morgan fingerprint density at radius 1 is 1.00 bits per heavy atom. The van der Waals surface area contributed by atoms with Crippen LogP contribution in [0, 0.1) is 56.7 Å². The van der Waals surface area contributed by atoms with E-state index >= 15 is 0 Å². The highest BCUT2D eigenvalue weighted by Crippen LogP contribution is 2.77. The Labute approximate surface area is 247 Å². The molecule has 5 aliphatic carbocycles. The van der Waals surface area contributed by atoms with Gasteiger partial charge in [0.25, 0.3) is 0 Å². The number of carboxylic acid groups (broad SMARTS) is 1. The molecular formula is C35H54N2O4. The van der Waals surface area contributed by atoms with Crippen molar-refractivity contribution in [3.05, 3.63) is 30.4 Å². The molecule has 2 N–H and O–H groups in total. The minimum Gasteiger partial charge on any atom is -0.464 e. The van der Waals surface area contributed by atoms with E-state index in [4.69, 9.17) is 4.74 Å². The molecule has 0 amide bonds. The first-order valence-corrected chi connectivity index (χ1v) is 16.4. The lowest BCUT2D eigenvalue weighted by molar-refractivity contribution is -0.247. The average Bonchev–Trinajstić information content (AvgIpc) is 3.52. The van der Waals surface area contributed by atoms with Crippen LogP contribution in [0.3, 0.4) is 0 Å². The van der Waals surface area contributed by atoms with Crippen LogP contribution in [0.1, 0.15) is 105 Å². The topological polar surface area (TPSA) is 84.6 Å². The van der Waals surface area contributed by atoms with Crippen molar-refractivity contribution in [2.75, 3.05) is 13.7 Å². The number of methoxy groups -OCH3 is 1. The number of aliphatic hydroxyl groups excluding tert-OH is 1. The molecule has 6 nitrogen and oxygen atoms in total. The summed E-state index contributed by atoms with van der Waals surface area (Å²) < 4.78 is 6.98. The summed E-state index contributed by atoms with van der Waals surface area (Å²) in [4.78, 5) is 16.6. The minimum atomic E-state index is -0.942. The fourth-order valence-electron chi connectivity index (χ4n) is 12.7. The molecule has 0 aromatic carbocycles. The van der Waals surface area contributed by atoms with Crippen LogP contribution < -0.4 is 0 Å². The predicted octanol–water partition coefficient (Wildman–Crippen LogP) is 7.60. The van der Waals surface area contributed by atoms with Crippen molar-refractivity contribution in [2.24, 2.45) is 56.7 Å². The van der Waals surface area contributed by atoms with Gasteiger partial charge in [-0.25, -0.2) is 14.3 Å². The normalized spacial score (nSPS) is 46.6. The highest BCUT2D eigenvalue weighted by atomic mass is 16.5. The molecule has 0 bridgehead atoms. The van der Waals surface area contributed by atoms with Crippen molar-refractivity contribution < 1.29 is 19.7 Å². The number of ether oxygens (including phenoxy) is 1. The van der Waals surface area contributed by atoms with Gasteiger partial charge in [0.05, 0.1) is 12.7 Å². The molecule has 6 heteroatoms. The van der Waals surface area contributed by atoms with Crippen LogP contribution in [0.4, 0.5) is 4.79 Å². The molecular weight excluding hydrogens is 512 g/mol. The summed E-state index contributed by atoms with van der Waals surface area (Å²) in [6, 6.07) is 0. The molecule has 1 aromatic heterocycles. The molecule has 0 aliphatic heterocycles. The number of imidazole rings is 1. The van der Waals surface area contributed by atoms with Crippen molar-refractivity contribution in [3.8, 4) is 0 Å². The van der Waals surface area contributed by atoms with E-state index in [1.807, 2.05) is 0 Å². The van der Waals surface area contributed by atoms with Gasteiger partial charge in [0.15, 0.2) is 0 Å². The Kier molecular flexibility index (Phi) is 6.94. The number of aromatic nitrogens is 2. The van der Waals surface area contributed by atoms with E-state index in [0.29, 0.717) is 42.0 Å². The summed E-state index contributed by atoms with van der Waals surface area (Å²) in [5.41, 5.74) is 1.96. The van der Waals surface area contributed by atoms with Gasteiger partial charge in [-0.15, -0.1) is 0 Å². The second-order valence-corrected chi connectivity index (χ2v) is 16.3. The van der Waals surface area contributed by atoms with Crippen LogP contribution in [0.2, 0.25) is 0 Å². The lowest BCUT2D eigenvalue weighted by Crippen LogP contribution is -2.66. The lowest BCUT2D eigenvalue weighted by atomic mass is 9.32. The van der Waals surface area contributed by atoms with E-state index in [1.165, 1.54) is 42.2 Å². The highest BCUT2D eigenvalue weighted by molar-refractivity contribution is 5.68. The average molecular weight is 567 g/mol. The van der Waals surface area contributed by atoms with E-state index in [-0.39, 0.29) is 33.2 Å². The van der Waals surface area contributed by atoms with Crippen molar-refractivity contribution in [1.29, 1.82) is 0 Å². The zero-order valence-corrected chi connectivity index (χ0v) is 26.4. The monoisotopic (exact) mass is 566 g/mol. The summed E-state index contributed by atoms with van der Waals surface area (Å²) >= 11 is 0. The third-order valence-electron chi connectivity index (χ3n) is 14.9. The summed E-state index contributed by atoms with van der Waals surface area (Å²) in [6.07, 6.45) is 14.4. The Morgan fingerprint density at radius 3 is 2.46 bits per heavy atom. The fourth-order valence-corrected chi connectivity index (χ4v) is 12.7. The van der Waals surface area contributed by atoms with E-state index < -0.39 is 6.09 Å². The zero-order chi connectivity index (χ0) is 29.6. The third kappa shape index (κ3) is 3.94. The first-order valence-electron chi connectivity index (χ1n) is 16.4. The van der Waals surface area contributed by atoms with Gasteiger partial charge in [-0.05, 0) is 126 Å². The Hall–Kier alpha value is -1.66. The first-order chi connectivity index (χ1) is 19.2. The smallest absolute Gasteiger partial charge is 0.416 e. The molecule has 0 saturated heterocycles. The summed E-state index contributed by atoms with van der Waals surface area (Å²) in [7, 11) is 1.77. The summed E-state index contributed by atoms with van der Waals surface area (Å²) in [6.45, 7) is 17.7. The van der Waals surface area contributed by atoms with Gasteiger partial charge in [0, 0.05) is 25.9 Å². The quantitative estimate of drug-likeness (QED) is 0.359. The maximum Gasteiger partial charge on any atom is 0.416 e. The fraction of sp³-hybridized carbons (Fsp3) is 0.829. The Bertz CT molecular complexity index is 1210. The molecule has 5 fully saturated rings. The molecule has 5 aliphatic rings. The largest absolute Gasteiger partial charge is 0.464 e. The van der Waals surface area contributed by atoms with Crippen molar-refractivity contribution in [2.45, 2.75) is 111 Å². The maximum atomic E-state index is 12.0. The summed E-state index contributed by atoms with van der Waals surface area (Å²) in [5.74, 6) is 3.38. The molecule has 228 valence electrons. The standard InChI is InChI=1S/C35H54N2O4/c1-22(21-41-7)23-10-15-35(20-28-36-18-19-37(28)30(39)40)17-16-33(5)24(29(23)35)8-9-26-32(4)13-12-27(38)31(2,3)25(32)11-14-34(26,33)6/h18-19,23-27,29,38H,1,8-17,20-21H2,2-7H3,(H,39,40)/t23-,24+,25-,26+,27-,29+,32-,33+,34+,35+/m0/s1. The predicted molar refractivity (Wildman–Crippen MR) is 161 cm³/mol. The van der Waals surface area contributed by atoms with Crippen molar-refractivity contribution in [3.63, 3.8) is 0 Å². The SMILES string of the molecule is C=C(COC)[C@@H]1CC[C@]2(Cc3nccn3C(=O)O)CC[C@]3(C)[C@H](CC[C@@H]4[C@@]5(C)CC[C@H](O)C(C)(C)[C@@H]5CC[C@]43C)[C@@H]12. The molecule has 0 radical (unpaired) electrons. The van der Waals surface area contributed by atoms with Crippen molar-refractivity contribution >= 4 is 6.09 Å². The number of carbonyl (C=O) groups is 1. The Morgan fingerprint density at radius 2 is 1.76 bits per heavy atom. The second kappa shape index (κ2) is 9.67. The third-order valence-corrected chi connectivity index (χ3v) is 14.9. The van der Waals surface area contributed by atoms with E-state index in [0.717, 1.165) is 38.5 Å². The molecule has 41 heavy (non-hydrogen) atoms. The van der Waals surface area contributed by atoms with E-state index in [2.05, 4.69) is 46.2 Å². The van der Waals surface area contributed by atoms with Crippen molar-refractivity contribution in [1.82, 2.24) is 9.55 Å². The van der Waals surface area contributed by atoms with Gasteiger partial charge in [-0.1, -0.05) is 41.2 Å². The van der Waals surface area contributed by atoms with E-state index in [1.54, 1.807) is 19.5 Å². The molecule has 6 rings (SSSR count). The van der Waals surface area contributed by atoms with Crippen LogP contribution in [0.5, 0.6) is 0 Å². The lowest BCUT2D eigenvalue weighted by Gasteiger charge is -2.73. The number of hydrogen-bond acceptors (Lipinski definition) is 4. The molecule has 1 aromatic rings. The zero-order valence-electron chi connectivity index (χ0n) is 26.4. The number of aliphatic hydroxyl groups is 1. The number of rotatable bonds is 5. The number of hydrogen-bond donors (Lipinski definition) is 2. The molecule has 10 atom stereocenters. The number of nitrogens with zero attached hydrogens (tertiary/aromatic N) is 2. The molecule has 1 heterocycles. The van der Waals surface area contributed by atoms with Gasteiger partial charge >= 0.3 is 6.09 Å². The van der Waals surface area contributed by atoms with Gasteiger partial charge in [0.1, 0.15) is 5.82 Å². The van der Waals surface area contributed by atoms with Gasteiger partial charge < -0.3 is 14.9 Å². The van der Waals surface area contributed by atoms with Crippen LogP contribution in [-0.2, 0) is 11.2 Å². The minimum absolute atomic E-state index is 0.0334. The first kappa shape index (κ1) is 29.4. The van der Waals surface area contributed by atoms with Gasteiger partial charge in [-0.3, -0.25) is 0 Å².